The first-order chi connectivity index (χ1) is 5.41. The van der Waals surface area contributed by atoms with Crippen molar-refractivity contribution in [2.75, 3.05) is 0 Å². The van der Waals surface area contributed by atoms with Crippen LogP contribution in [-0.4, -0.2) is 29.4 Å². The average Bonchev–Trinajstić information content (AvgIpc) is 1.43. The highest BCUT2D eigenvalue weighted by Gasteiger charge is 2.48. The third-order valence-corrected chi connectivity index (χ3v) is 3.80. The summed E-state index contributed by atoms with van der Waals surface area (Å²) in [7, 11) is -15.8. The van der Waals surface area contributed by atoms with Crippen molar-refractivity contribution in [1.29, 1.82) is 0 Å². The van der Waals surface area contributed by atoms with E-state index in [1.807, 2.05) is 0 Å². The lowest BCUT2D eigenvalue weighted by Crippen LogP contribution is -1.96. The molecule has 0 fully saturated rings. The summed E-state index contributed by atoms with van der Waals surface area (Å²) in [4.78, 5) is 48.6. The molecule has 0 aromatic rings. The van der Waals surface area contributed by atoms with Crippen molar-refractivity contribution in [3.05, 3.63) is 0 Å². The second kappa shape index (κ2) is 3.98. The molecule has 0 radical (unpaired) electrons. The quantitative estimate of drug-likeness (QED) is 0.338. The summed E-state index contributed by atoms with van der Waals surface area (Å²) in [6.45, 7) is 0. The molecular weight excluding hydrogens is 253 g/mol. The van der Waals surface area contributed by atoms with Crippen LogP contribution < -0.4 is 0 Å². The van der Waals surface area contributed by atoms with Crippen LogP contribution in [0.2, 0.25) is 0 Å². The molecule has 13 heavy (non-hydrogen) atoms. The van der Waals surface area contributed by atoms with Crippen molar-refractivity contribution in [1.82, 2.24) is 0 Å². The maximum Gasteiger partial charge on any atom is 0.578 e. The molecule has 1 unspecified atom stereocenters. The van der Waals surface area contributed by atoms with Gasteiger partial charge >= 0.3 is 23.8 Å². The van der Waals surface area contributed by atoms with E-state index in [4.69, 9.17) is 29.4 Å². The van der Waals surface area contributed by atoms with Gasteiger partial charge in [-0.2, -0.15) is 19.0 Å². The van der Waals surface area contributed by atoms with Gasteiger partial charge in [-0.1, -0.05) is 0 Å². The van der Waals surface area contributed by atoms with Gasteiger partial charge in [0, 0.05) is 0 Å². The molecular formula is H6O10P3+. The van der Waals surface area contributed by atoms with Crippen LogP contribution >= 0.6 is 23.8 Å². The van der Waals surface area contributed by atoms with Crippen LogP contribution in [0, 0.1) is 0 Å². The van der Waals surface area contributed by atoms with E-state index in [0.717, 1.165) is 0 Å². The van der Waals surface area contributed by atoms with Gasteiger partial charge in [0.05, 0.1) is 0 Å². The van der Waals surface area contributed by atoms with E-state index in [0.29, 0.717) is 0 Å². The van der Waals surface area contributed by atoms with Crippen LogP contribution in [0.4, 0.5) is 0 Å². The Hall–Kier alpha value is 0.570. The van der Waals surface area contributed by atoms with Gasteiger partial charge in [0.2, 0.25) is 0 Å². The van der Waals surface area contributed by atoms with E-state index < -0.39 is 23.8 Å². The topological polar surface area (TPSA) is 174 Å². The Bertz CT molecular complexity index is 252. The van der Waals surface area contributed by atoms with Crippen LogP contribution in [0.15, 0.2) is 0 Å². The zero-order valence-electron chi connectivity index (χ0n) is 5.66. The molecule has 80 valence electrons. The van der Waals surface area contributed by atoms with Gasteiger partial charge in [-0.15, -0.1) is 0 Å². The number of hydrogen-bond acceptors (Lipinski definition) is 7. The van der Waals surface area contributed by atoms with Gasteiger partial charge in [-0.3, -0.25) is 4.89 Å². The number of hydrogen-bond donors (Lipinski definition) is 6. The second-order valence-electron chi connectivity index (χ2n) is 1.64. The first-order valence-electron chi connectivity index (χ1n) is 2.30. The minimum atomic E-state index is -5.40. The van der Waals surface area contributed by atoms with Crippen LogP contribution in [0.3, 0.4) is 0 Å². The zero-order valence-corrected chi connectivity index (χ0v) is 8.34. The highest BCUT2D eigenvalue weighted by atomic mass is 31.3. The summed E-state index contributed by atoms with van der Waals surface area (Å²) in [6, 6.07) is 0. The summed E-state index contributed by atoms with van der Waals surface area (Å²) < 4.78 is 26.7. The Morgan fingerprint density at radius 3 is 1.62 bits per heavy atom. The minimum absolute atomic E-state index is 3.10. The minimum Gasteiger partial charge on any atom is -0.302 e. The van der Waals surface area contributed by atoms with E-state index in [2.05, 4.69) is 8.62 Å². The summed E-state index contributed by atoms with van der Waals surface area (Å²) in [6.07, 6.45) is 0. The molecule has 0 saturated heterocycles. The molecule has 10 nitrogen and oxygen atoms in total. The molecule has 0 rings (SSSR count). The molecule has 0 aliphatic heterocycles. The van der Waals surface area contributed by atoms with Crippen LogP contribution in [0.1, 0.15) is 0 Å². The predicted octanol–water partition coefficient (Wildman–Crippen LogP) is -1.13. The van der Waals surface area contributed by atoms with Gasteiger partial charge in [0.15, 0.2) is 0 Å². The van der Waals surface area contributed by atoms with E-state index in [1.165, 1.54) is 0 Å². The van der Waals surface area contributed by atoms with Gasteiger partial charge < -0.3 is 9.79 Å². The summed E-state index contributed by atoms with van der Waals surface area (Å²) >= 11 is 0. The molecule has 13 heteroatoms. The molecule has 0 aromatic carbocycles. The highest BCUT2D eigenvalue weighted by molar-refractivity contribution is 7.68. The third-order valence-electron chi connectivity index (χ3n) is 0.422. The van der Waals surface area contributed by atoms with Crippen LogP contribution in [0.25, 0.3) is 0 Å². The molecule has 0 heterocycles. The van der Waals surface area contributed by atoms with Crippen LogP contribution in [-0.2, 0) is 17.8 Å². The molecule has 0 amide bonds. The van der Waals surface area contributed by atoms with E-state index >= 15 is 0 Å². The van der Waals surface area contributed by atoms with Crippen molar-refractivity contribution < 1.29 is 47.1 Å². The molecule has 0 saturated carbocycles. The van der Waals surface area contributed by atoms with Crippen molar-refractivity contribution in [2.45, 2.75) is 0 Å². The maximum atomic E-state index is 10.4. The van der Waals surface area contributed by atoms with Gasteiger partial charge in [-0.25, -0.2) is 9.13 Å². The fraction of sp³-hybridized carbons (Fsp3) is 0. The van der Waals surface area contributed by atoms with E-state index in [9.17, 15) is 9.13 Å². The summed E-state index contributed by atoms with van der Waals surface area (Å²) in [5.41, 5.74) is 0. The molecule has 0 aliphatic carbocycles. The van der Waals surface area contributed by atoms with Crippen LogP contribution in [0.5, 0.6) is 0 Å². The standard InChI is InChI=1S/H5O10P3/c1-11(2,3)9-13(7,8)10-12(4,5)6/h1-3H,(H2-,4,5,6,7,8)/p+1. The fourth-order valence-electron chi connectivity index (χ4n) is 0.288. The maximum absolute atomic E-state index is 10.4. The van der Waals surface area contributed by atoms with Gasteiger partial charge in [0.25, 0.3) is 0 Å². The Kier molecular flexibility index (Phi) is 4.15. The molecule has 6 N–H and O–H groups in total. The van der Waals surface area contributed by atoms with Crippen molar-refractivity contribution >= 4 is 23.8 Å². The normalized spacial score (nSPS) is 18.3. The monoisotopic (exact) mass is 259 g/mol. The van der Waals surface area contributed by atoms with E-state index in [-0.39, 0.29) is 0 Å². The first kappa shape index (κ1) is 13.6. The molecule has 0 aromatic heterocycles. The Balaban J connectivity index is 4.44. The Morgan fingerprint density at radius 1 is 1.00 bits per heavy atom. The lowest BCUT2D eigenvalue weighted by atomic mass is 15.7. The van der Waals surface area contributed by atoms with Crippen molar-refractivity contribution in [3.8, 4) is 0 Å². The molecule has 0 bridgehead atoms. The number of rotatable bonds is 4. The third kappa shape index (κ3) is 8.89. The van der Waals surface area contributed by atoms with Gasteiger partial charge in [-0.05, 0) is 4.31 Å². The zero-order chi connectivity index (χ0) is 10.9. The summed E-state index contributed by atoms with van der Waals surface area (Å²) in [5.74, 6) is 0. The van der Waals surface area contributed by atoms with Crippen molar-refractivity contribution in [3.63, 3.8) is 0 Å². The predicted molar refractivity (Wildman–Crippen MR) is 37.6 cm³/mol. The van der Waals surface area contributed by atoms with Gasteiger partial charge in [0.1, 0.15) is 0 Å². The fourth-order valence-corrected chi connectivity index (χ4v) is 2.86. The number of phosphoric acid groups is 2. The average molecular weight is 259 g/mol. The Labute approximate surface area is 71.9 Å². The van der Waals surface area contributed by atoms with E-state index in [1.54, 1.807) is 0 Å². The molecule has 1 atom stereocenters. The SMILES string of the molecule is O=P(O)(O)OP(=O)(O)O[P+](O)(O)O. The highest BCUT2D eigenvalue weighted by Crippen LogP contribution is 2.67. The first-order valence-corrected chi connectivity index (χ1v) is 6.89. The van der Waals surface area contributed by atoms with Crippen molar-refractivity contribution in [2.24, 2.45) is 0 Å². The lowest BCUT2D eigenvalue weighted by Gasteiger charge is -2.09. The second-order valence-corrected chi connectivity index (χ2v) is 5.89. The molecule has 0 spiro atoms. The Morgan fingerprint density at radius 2 is 1.38 bits per heavy atom. The largest absolute Gasteiger partial charge is 0.578 e. The lowest BCUT2D eigenvalue weighted by molar-refractivity contribution is 0.184. The molecule has 0 aliphatic rings. The summed E-state index contributed by atoms with van der Waals surface area (Å²) in [5, 5.41) is 0. The smallest absolute Gasteiger partial charge is 0.302 e.